The van der Waals surface area contributed by atoms with Crippen LogP contribution in [0.15, 0.2) is 186 Å². The molecule has 0 spiro atoms. The summed E-state index contributed by atoms with van der Waals surface area (Å²) in [5.41, 5.74) is 7.73. The second kappa shape index (κ2) is 11.9. The molecule has 0 atom stereocenters. The van der Waals surface area contributed by atoms with E-state index in [2.05, 4.69) is 144 Å². The number of nitrogens with zero attached hydrogens (tertiary/aromatic N) is 4. The van der Waals surface area contributed by atoms with Gasteiger partial charge in [-0.25, -0.2) is 15.0 Å². The molecule has 9 aromatic carbocycles. The van der Waals surface area contributed by atoms with Crippen molar-refractivity contribution in [1.82, 2.24) is 19.5 Å². The summed E-state index contributed by atoms with van der Waals surface area (Å²) in [4.78, 5) is 15.5. The predicted molar refractivity (Wildman–Crippen MR) is 230 cm³/mol. The number of benzene rings is 9. The summed E-state index contributed by atoms with van der Waals surface area (Å²) in [6, 6.07) is 64.0. The summed E-state index contributed by atoms with van der Waals surface area (Å²) in [5, 5.41) is 11.5. The third-order valence-electron chi connectivity index (χ3n) is 11.2. The van der Waals surface area contributed by atoms with Crippen molar-refractivity contribution in [3.8, 4) is 39.9 Å². The van der Waals surface area contributed by atoms with Crippen LogP contribution in [0.1, 0.15) is 0 Å². The van der Waals surface area contributed by atoms with Crippen molar-refractivity contribution in [3.63, 3.8) is 0 Å². The van der Waals surface area contributed by atoms with Gasteiger partial charge < -0.3 is 8.98 Å². The van der Waals surface area contributed by atoms with Gasteiger partial charge in [0.05, 0.1) is 11.0 Å². The second-order valence-corrected chi connectivity index (χ2v) is 14.4. The molecule has 0 unspecified atom stereocenters. The molecule has 0 aliphatic carbocycles. The van der Waals surface area contributed by atoms with Gasteiger partial charge in [0.25, 0.3) is 0 Å². The largest absolute Gasteiger partial charge is 0.456 e. The monoisotopic (exact) mass is 714 g/mol. The van der Waals surface area contributed by atoms with Crippen molar-refractivity contribution in [2.45, 2.75) is 0 Å². The molecule has 3 heterocycles. The Bertz CT molecular complexity index is 3450. The summed E-state index contributed by atoms with van der Waals surface area (Å²) in [6.07, 6.45) is 0. The highest BCUT2D eigenvalue weighted by Crippen LogP contribution is 2.41. The first-order valence-corrected chi connectivity index (χ1v) is 18.8. The molecule has 12 rings (SSSR count). The summed E-state index contributed by atoms with van der Waals surface area (Å²) < 4.78 is 8.99. The Hall–Kier alpha value is -7.63. The van der Waals surface area contributed by atoms with Crippen molar-refractivity contribution in [3.05, 3.63) is 182 Å². The van der Waals surface area contributed by atoms with Gasteiger partial charge in [0.15, 0.2) is 17.5 Å². The molecule has 0 bridgehead atoms. The quantitative estimate of drug-likeness (QED) is 0.182. The van der Waals surface area contributed by atoms with E-state index in [0.717, 1.165) is 66.1 Å². The van der Waals surface area contributed by atoms with E-state index in [4.69, 9.17) is 19.4 Å². The Labute approximate surface area is 320 Å². The average Bonchev–Trinajstić information content (AvgIpc) is 3.79. The average molecular weight is 715 g/mol. The van der Waals surface area contributed by atoms with Crippen LogP contribution < -0.4 is 0 Å². The molecule has 5 heteroatoms. The van der Waals surface area contributed by atoms with Crippen LogP contribution in [0.3, 0.4) is 0 Å². The third kappa shape index (κ3) is 4.71. The second-order valence-electron chi connectivity index (χ2n) is 14.4. The van der Waals surface area contributed by atoms with Gasteiger partial charge in [-0.05, 0) is 80.8 Å². The first-order valence-electron chi connectivity index (χ1n) is 18.8. The minimum atomic E-state index is 0.593. The van der Waals surface area contributed by atoms with Crippen molar-refractivity contribution in [1.29, 1.82) is 0 Å². The van der Waals surface area contributed by atoms with E-state index in [9.17, 15) is 0 Å². The van der Waals surface area contributed by atoms with Crippen LogP contribution in [-0.2, 0) is 0 Å². The van der Waals surface area contributed by atoms with Crippen LogP contribution in [0.25, 0.3) is 116 Å². The van der Waals surface area contributed by atoms with Crippen LogP contribution >= 0.6 is 0 Å². The molecule has 5 nitrogen and oxygen atoms in total. The summed E-state index contributed by atoms with van der Waals surface area (Å²) in [6.45, 7) is 0. The topological polar surface area (TPSA) is 56.7 Å². The maximum absolute atomic E-state index is 6.58. The fourth-order valence-electron chi connectivity index (χ4n) is 8.56. The Morgan fingerprint density at radius 1 is 0.357 bits per heavy atom. The number of aromatic nitrogens is 4. The molecule has 0 N–H and O–H groups in total. The zero-order valence-electron chi connectivity index (χ0n) is 30.0. The van der Waals surface area contributed by atoms with Gasteiger partial charge in [-0.15, -0.1) is 0 Å². The fraction of sp³-hybridized carbons (Fsp3) is 0. The van der Waals surface area contributed by atoms with E-state index in [0.29, 0.717) is 17.5 Å². The minimum absolute atomic E-state index is 0.593. The van der Waals surface area contributed by atoms with Crippen molar-refractivity contribution < 1.29 is 4.42 Å². The van der Waals surface area contributed by atoms with Gasteiger partial charge in [0, 0.05) is 43.9 Å². The Balaban J connectivity index is 1.13. The van der Waals surface area contributed by atoms with Gasteiger partial charge in [-0.1, -0.05) is 133 Å². The lowest BCUT2D eigenvalue weighted by Gasteiger charge is -2.11. The molecule has 12 aromatic rings. The molecule has 56 heavy (non-hydrogen) atoms. The minimum Gasteiger partial charge on any atom is -0.456 e. The number of furan rings is 1. The van der Waals surface area contributed by atoms with Crippen molar-refractivity contribution in [2.75, 3.05) is 0 Å². The van der Waals surface area contributed by atoms with E-state index < -0.39 is 0 Å². The van der Waals surface area contributed by atoms with E-state index in [1.807, 2.05) is 42.5 Å². The van der Waals surface area contributed by atoms with Crippen LogP contribution in [0.5, 0.6) is 0 Å². The highest BCUT2D eigenvalue weighted by Gasteiger charge is 2.21. The lowest BCUT2D eigenvalue weighted by Crippen LogP contribution is -2.00. The Morgan fingerprint density at radius 3 is 1.62 bits per heavy atom. The number of hydrogen-bond acceptors (Lipinski definition) is 4. The van der Waals surface area contributed by atoms with Gasteiger partial charge in [0.2, 0.25) is 0 Å². The van der Waals surface area contributed by atoms with Gasteiger partial charge in [-0.2, -0.15) is 0 Å². The van der Waals surface area contributed by atoms with E-state index in [-0.39, 0.29) is 0 Å². The van der Waals surface area contributed by atoms with Crippen LogP contribution in [-0.4, -0.2) is 19.5 Å². The summed E-state index contributed by atoms with van der Waals surface area (Å²) in [5.74, 6) is 1.84. The van der Waals surface area contributed by atoms with Crippen LogP contribution in [0, 0.1) is 0 Å². The van der Waals surface area contributed by atoms with Crippen LogP contribution in [0.4, 0.5) is 0 Å². The molecular weight excluding hydrogens is 685 g/mol. The molecule has 0 aliphatic heterocycles. The number of fused-ring (bicyclic) bond motifs is 9. The SMILES string of the molecule is c1ccc(-c2nc(-c3cccc4ccccc34)nc(-c3cccc4oc5ccc(-n6c7cc8ccccc8cc7c7cc8ccccc8cc76)cc5c34)n2)cc1. The first-order chi connectivity index (χ1) is 27.7. The van der Waals surface area contributed by atoms with E-state index in [1.165, 1.54) is 32.3 Å². The predicted octanol–water partition coefficient (Wildman–Crippen LogP) is 13.3. The zero-order chi connectivity index (χ0) is 36.7. The smallest absolute Gasteiger partial charge is 0.164 e. The molecule has 0 aliphatic rings. The van der Waals surface area contributed by atoms with Gasteiger partial charge >= 0.3 is 0 Å². The number of rotatable bonds is 4. The fourth-order valence-corrected chi connectivity index (χ4v) is 8.56. The maximum atomic E-state index is 6.58. The van der Waals surface area contributed by atoms with Crippen molar-refractivity contribution in [2.24, 2.45) is 0 Å². The summed E-state index contributed by atoms with van der Waals surface area (Å²) >= 11 is 0. The highest BCUT2D eigenvalue weighted by atomic mass is 16.3. The lowest BCUT2D eigenvalue weighted by molar-refractivity contribution is 0.669. The number of hydrogen-bond donors (Lipinski definition) is 0. The van der Waals surface area contributed by atoms with E-state index in [1.54, 1.807) is 0 Å². The highest BCUT2D eigenvalue weighted by molar-refractivity contribution is 6.17. The lowest BCUT2D eigenvalue weighted by atomic mass is 10.0. The molecule has 0 saturated carbocycles. The maximum Gasteiger partial charge on any atom is 0.164 e. The van der Waals surface area contributed by atoms with E-state index >= 15 is 0 Å². The molecule has 0 radical (unpaired) electrons. The summed E-state index contributed by atoms with van der Waals surface area (Å²) in [7, 11) is 0. The molecule has 260 valence electrons. The molecular formula is C51H30N4O. The standard InChI is InChI=1S/C51H30N4O/c1-2-13-32(14-3-1)49-52-50(39-21-10-19-31-12-8-9-20-38(31)39)54-51(53-49)40-22-11-23-47-48(40)43-30-37(24-25-46(43)56-47)55-44-28-35-17-6-4-15-33(35)26-41(44)42-27-34-16-5-7-18-36(34)29-45(42)55/h1-30H. The third-order valence-corrected chi connectivity index (χ3v) is 11.2. The first kappa shape index (κ1) is 30.8. The van der Waals surface area contributed by atoms with Crippen molar-refractivity contribution >= 4 is 76.1 Å². The normalized spacial score (nSPS) is 11.9. The Kier molecular flexibility index (Phi) is 6.56. The molecule has 3 aromatic heterocycles. The van der Waals surface area contributed by atoms with Gasteiger partial charge in [-0.3, -0.25) is 0 Å². The molecule has 0 amide bonds. The zero-order valence-corrected chi connectivity index (χ0v) is 30.0. The molecule has 0 fully saturated rings. The molecule has 0 saturated heterocycles. The van der Waals surface area contributed by atoms with Gasteiger partial charge in [0.1, 0.15) is 11.2 Å². The van der Waals surface area contributed by atoms with Crippen LogP contribution in [0.2, 0.25) is 0 Å². The Morgan fingerprint density at radius 2 is 0.911 bits per heavy atom.